The highest BCUT2D eigenvalue weighted by molar-refractivity contribution is 7.98. The fraction of sp³-hybridized carbons (Fsp3) is 0.0769. The van der Waals surface area contributed by atoms with Gasteiger partial charge in [-0.1, -0.05) is 35.9 Å². The molecular formula is C13H11ClFNS. The summed E-state index contributed by atoms with van der Waals surface area (Å²) in [6.45, 7) is 0. The molecule has 2 aromatic carbocycles. The summed E-state index contributed by atoms with van der Waals surface area (Å²) < 4.78 is 13.4. The van der Waals surface area contributed by atoms with Gasteiger partial charge in [-0.2, -0.15) is 0 Å². The van der Waals surface area contributed by atoms with E-state index in [-0.39, 0.29) is 5.82 Å². The lowest BCUT2D eigenvalue weighted by Gasteiger charge is -2.07. The maximum Gasteiger partial charge on any atom is 0.127 e. The molecule has 2 rings (SSSR count). The van der Waals surface area contributed by atoms with E-state index in [1.807, 2.05) is 6.07 Å². The first kappa shape index (κ1) is 12.3. The molecule has 0 aliphatic heterocycles. The van der Waals surface area contributed by atoms with Crippen LogP contribution >= 0.6 is 23.4 Å². The Morgan fingerprint density at radius 1 is 1.12 bits per heavy atom. The molecule has 0 aliphatic rings. The highest BCUT2D eigenvalue weighted by atomic mass is 35.5. The number of hydrogen-bond acceptors (Lipinski definition) is 2. The Labute approximate surface area is 109 Å². The molecule has 4 heteroatoms. The van der Waals surface area contributed by atoms with Crippen LogP contribution in [-0.2, 0) is 5.75 Å². The van der Waals surface area contributed by atoms with Crippen LogP contribution in [0.4, 0.5) is 10.1 Å². The van der Waals surface area contributed by atoms with E-state index in [1.54, 1.807) is 30.3 Å². The first-order chi connectivity index (χ1) is 8.18. The smallest absolute Gasteiger partial charge is 0.127 e. The fourth-order valence-corrected chi connectivity index (χ4v) is 2.76. The van der Waals surface area contributed by atoms with Gasteiger partial charge >= 0.3 is 0 Å². The van der Waals surface area contributed by atoms with Crippen molar-refractivity contribution in [2.45, 2.75) is 10.6 Å². The Kier molecular flexibility index (Phi) is 3.92. The van der Waals surface area contributed by atoms with Gasteiger partial charge in [0, 0.05) is 16.3 Å². The van der Waals surface area contributed by atoms with Crippen LogP contribution in [0.5, 0.6) is 0 Å². The molecule has 0 radical (unpaired) electrons. The van der Waals surface area contributed by atoms with E-state index >= 15 is 0 Å². The standard InChI is InChI=1S/C13H11ClFNS/c14-10-5-3-7-12(16)13(10)17-8-9-4-1-2-6-11(9)15/h1-7H,8,16H2. The second kappa shape index (κ2) is 5.43. The van der Waals surface area contributed by atoms with Crippen LogP contribution in [0.2, 0.25) is 5.02 Å². The average molecular weight is 268 g/mol. The fourth-order valence-electron chi connectivity index (χ4n) is 1.44. The van der Waals surface area contributed by atoms with E-state index in [4.69, 9.17) is 17.3 Å². The number of hydrogen-bond donors (Lipinski definition) is 1. The summed E-state index contributed by atoms with van der Waals surface area (Å²) in [5, 5.41) is 0.603. The number of anilines is 1. The predicted octanol–water partition coefficient (Wildman–Crippen LogP) is 4.35. The number of thioether (sulfide) groups is 1. The highest BCUT2D eigenvalue weighted by Gasteiger charge is 2.07. The second-order valence-electron chi connectivity index (χ2n) is 3.54. The summed E-state index contributed by atoms with van der Waals surface area (Å²) in [6.07, 6.45) is 0. The molecule has 88 valence electrons. The molecule has 0 unspecified atom stereocenters. The van der Waals surface area contributed by atoms with Crippen molar-refractivity contribution in [2.75, 3.05) is 5.73 Å². The third kappa shape index (κ3) is 2.93. The van der Waals surface area contributed by atoms with Gasteiger partial charge in [0.25, 0.3) is 0 Å². The average Bonchev–Trinajstić information content (AvgIpc) is 2.30. The second-order valence-corrected chi connectivity index (χ2v) is 4.93. The molecule has 0 amide bonds. The summed E-state index contributed by atoms with van der Waals surface area (Å²) in [4.78, 5) is 0.803. The maximum absolute atomic E-state index is 13.4. The molecule has 0 saturated heterocycles. The molecule has 0 heterocycles. The van der Waals surface area contributed by atoms with Gasteiger partial charge in [-0.25, -0.2) is 4.39 Å². The van der Waals surface area contributed by atoms with Gasteiger partial charge < -0.3 is 5.73 Å². The van der Waals surface area contributed by atoms with Crippen LogP contribution in [0.1, 0.15) is 5.56 Å². The van der Waals surface area contributed by atoms with Crippen LogP contribution in [-0.4, -0.2) is 0 Å². The van der Waals surface area contributed by atoms with E-state index < -0.39 is 0 Å². The summed E-state index contributed by atoms with van der Waals surface area (Å²) in [7, 11) is 0. The van der Waals surface area contributed by atoms with Crippen molar-refractivity contribution in [1.29, 1.82) is 0 Å². The molecule has 0 fully saturated rings. The zero-order chi connectivity index (χ0) is 12.3. The first-order valence-corrected chi connectivity index (χ1v) is 6.45. The van der Waals surface area contributed by atoms with Gasteiger partial charge in [-0.15, -0.1) is 11.8 Å². The third-order valence-corrected chi connectivity index (χ3v) is 3.95. The number of rotatable bonds is 3. The quantitative estimate of drug-likeness (QED) is 0.661. The van der Waals surface area contributed by atoms with Crippen LogP contribution in [0.25, 0.3) is 0 Å². The number of nitrogen functional groups attached to an aromatic ring is 1. The highest BCUT2D eigenvalue weighted by Crippen LogP contribution is 2.34. The minimum atomic E-state index is -0.203. The van der Waals surface area contributed by atoms with E-state index in [0.717, 1.165) is 4.90 Å². The van der Waals surface area contributed by atoms with Gasteiger partial charge in [0.2, 0.25) is 0 Å². The molecular weight excluding hydrogens is 257 g/mol. The molecule has 0 bridgehead atoms. The lowest BCUT2D eigenvalue weighted by atomic mass is 10.2. The topological polar surface area (TPSA) is 26.0 Å². The van der Waals surface area contributed by atoms with Crippen LogP contribution in [0.3, 0.4) is 0 Å². The summed E-state index contributed by atoms with van der Waals surface area (Å²) in [5.74, 6) is 0.311. The minimum absolute atomic E-state index is 0.203. The number of halogens is 2. The van der Waals surface area contributed by atoms with Crippen molar-refractivity contribution in [3.05, 3.63) is 58.9 Å². The van der Waals surface area contributed by atoms with Crippen LogP contribution < -0.4 is 5.73 Å². The molecule has 0 aromatic heterocycles. The Morgan fingerprint density at radius 3 is 2.59 bits per heavy atom. The predicted molar refractivity (Wildman–Crippen MR) is 71.8 cm³/mol. The van der Waals surface area contributed by atoms with Gasteiger partial charge in [-0.05, 0) is 23.8 Å². The largest absolute Gasteiger partial charge is 0.398 e. The monoisotopic (exact) mass is 267 g/mol. The van der Waals surface area contributed by atoms with Gasteiger partial charge in [0.1, 0.15) is 5.82 Å². The van der Waals surface area contributed by atoms with Gasteiger partial charge in [0.05, 0.1) is 5.02 Å². The van der Waals surface area contributed by atoms with Gasteiger partial charge in [0.15, 0.2) is 0 Å². The minimum Gasteiger partial charge on any atom is -0.398 e. The van der Waals surface area contributed by atoms with Crippen molar-refractivity contribution in [2.24, 2.45) is 0 Å². The van der Waals surface area contributed by atoms with Crippen LogP contribution in [0.15, 0.2) is 47.4 Å². The Morgan fingerprint density at radius 2 is 1.88 bits per heavy atom. The zero-order valence-electron chi connectivity index (χ0n) is 8.99. The summed E-state index contributed by atoms with van der Waals surface area (Å²) in [5.41, 5.74) is 7.10. The lowest BCUT2D eigenvalue weighted by molar-refractivity contribution is 0.617. The molecule has 2 N–H and O–H groups in total. The first-order valence-electron chi connectivity index (χ1n) is 5.08. The molecule has 17 heavy (non-hydrogen) atoms. The summed E-state index contributed by atoms with van der Waals surface area (Å²) >= 11 is 7.48. The Bertz CT molecular complexity index is 510. The normalized spacial score (nSPS) is 10.5. The lowest BCUT2D eigenvalue weighted by Crippen LogP contribution is -1.91. The Balaban J connectivity index is 2.16. The van der Waals surface area contributed by atoms with E-state index in [0.29, 0.717) is 22.0 Å². The van der Waals surface area contributed by atoms with Crippen molar-refractivity contribution in [1.82, 2.24) is 0 Å². The molecule has 1 nitrogen and oxygen atoms in total. The van der Waals surface area contributed by atoms with E-state index in [1.165, 1.54) is 17.8 Å². The van der Waals surface area contributed by atoms with Crippen molar-refractivity contribution in [3.63, 3.8) is 0 Å². The molecule has 0 atom stereocenters. The summed E-state index contributed by atoms with van der Waals surface area (Å²) in [6, 6.07) is 12.1. The number of nitrogens with two attached hydrogens (primary N) is 1. The van der Waals surface area contributed by atoms with Crippen molar-refractivity contribution >= 4 is 29.1 Å². The molecule has 0 spiro atoms. The SMILES string of the molecule is Nc1cccc(Cl)c1SCc1ccccc1F. The van der Waals surface area contributed by atoms with Crippen molar-refractivity contribution < 1.29 is 4.39 Å². The van der Waals surface area contributed by atoms with E-state index in [2.05, 4.69) is 0 Å². The Hall–Kier alpha value is -1.19. The molecule has 0 aliphatic carbocycles. The third-order valence-electron chi connectivity index (χ3n) is 2.33. The van der Waals surface area contributed by atoms with Gasteiger partial charge in [-0.3, -0.25) is 0 Å². The molecule has 0 saturated carbocycles. The van der Waals surface area contributed by atoms with Crippen LogP contribution in [0, 0.1) is 5.82 Å². The number of benzene rings is 2. The zero-order valence-corrected chi connectivity index (χ0v) is 10.6. The van der Waals surface area contributed by atoms with E-state index in [9.17, 15) is 4.39 Å². The maximum atomic E-state index is 13.4. The van der Waals surface area contributed by atoms with Crippen molar-refractivity contribution in [3.8, 4) is 0 Å². The molecule has 2 aromatic rings.